The van der Waals surface area contributed by atoms with E-state index >= 15 is 0 Å². The number of carbonyl (C=O) groups excluding carboxylic acids is 1. The Kier molecular flexibility index (Phi) is 4.63. The fourth-order valence-electron chi connectivity index (χ4n) is 2.69. The van der Waals surface area contributed by atoms with Crippen molar-refractivity contribution in [1.82, 2.24) is 10.2 Å². The maximum atomic E-state index is 12.0. The lowest BCUT2D eigenvalue weighted by Crippen LogP contribution is -2.32. The molecule has 1 saturated heterocycles. The summed E-state index contributed by atoms with van der Waals surface area (Å²) in [5.41, 5.74) is 0. The molecule has 0 aromatic carbocycles. The van der Waals surface area contributed by atoms with Crippen LogP contribution < -0.4 is 5.32 Å². The normalized spacial score (nSPS) is 16.8. The van der Waals surface area contributed by atoms with Crippen molar-refractivity contribution >= 4 is 5.91 Å². The first-order valence-corrected chi connectivity index (χ1v) is 7.82. The van der Waals surface area contributed by atoms with Crippen LogP contribution >= 0.6 is 0 Å². The molecule has 0 radical (unpaired) electrons. The molecule has 118 valence electrons. The van der Waals surface area contributed by atoms with Gasteiger partial charge in [0.2, 0.25) is 0 Å². The molecule has 0 atom stereocenters. The molecule has 1 amide bonds. The van der Waals surface area contributed by atoms with E-state index in [0.717, 1.165) is 37.1 Å². The van der Waals surface area contributed by atoms with Crippen molar-refractivity contribution in [2.75, 3.05) is 13.1 Å². The molecule has 1 aliphatic rings. The van der Waals surface area contributed by atoms with Crippen LogP contribution in [0.25, 0.3) is 0 Å². The van der Waals surface area contributed by atoms with Crippen LogP contribution in [0.2, 0.25) is 0 Å². The maximum absolute atomic E-state index is 12.0. The molecule has 0 unspecified atom stereocenters. The fourth-order valence-corrected chi connectivity index (χ4v) is 2.69. The summed E-state index contributed by atoms with van der Waals surface area (Å²) in [5.74, 6) is 2.53. The zero-order valence-electron chi connectivity index (χ0n) is 12.9. The van der Waals surface area contributed by atoms with E-state index in [2.05, 4.69) is 17.1 Å². The Morgan fingerprint density at radius 1 is 1.27 bits per heavy atom. The number of amides is 1. The highest BCUT2D eigenvalue weighted by molar-refractivity contribution is 5.91. The smallest absolute Gasteiger partial charge is 0.287 e. The molecule has 0 spiro atoms. The molecule has 0 bridgehead atoms. The molecule has 2 aromatic rings. The number of rotatable bonds is 5. The van der Waals surface area contributed by atoms with Crippen LogP contribution in [-0.4, -0.2) is 23.9 Å². The number of nitrogens with zero attached hydrogens (tertiary/aromatic N) is 1. The molecule has 0 saturated carbocycles. The van der Waals surface area contributed by atoms with E-state index in [9.17, 15) is 4.79 Å². The summed E-state index contributed by atoms with van der Waals surface area (Å²) in [7, 11) is 0. The number of hydrogen-bond acceptors (Lipinski definition) is 4. The van der Waals surface area contributed by atoms with Gasteiger partial charge in [0, 0.05) is 0 Å². The predicted molar refractivity (Wildman–Crippen MR) is 82.3 cm³/mol. The topological polar surface area (TPSA) is 58.6 Å². The molecular formula is C17H22N2O3. The lowest BCUT2D eigenvalue weighted by Gasteiger charge is -2.29. The Labute approximate surface area is 130 Å². The van der Waals surface area contributed by atoms with E-state index in [-0.39, 0.29) is 5.91 Å². The average molecular weight is 302 g/mol. The van der Waals surface area contributed by atoms with Gasteiger partial charge in [-0.15, -0.1) is 0 Å². The third-order valence-electron chi connectivity index (χ3n) is 4.14. The van der Waals surface area contributed by atoms with Gasteiger partial charge < -0.3 is 14.2 Å². The van der Waals surface area contributed by atoms with Gasteiger partial charge in [0.25, 0.3) is 5.91 Å². The van der Waals surface area contributed by atoms with E-state index in [4.69, 9.17) is 8.83 Å². The van der Waals surface area contributed by atoms with Crippen molar-refractivity contribution in [3.63, 3.8) is 0 Å². The van der Waals surface area contributed by atoms with Crippen molar-refractivity contribution < 1.29 is 13.6 Å². The fraction of sp³-hybridized carbons (Fsp3) is 0.471. The van der Waals surface area contributed by atoms with Crippen molar-refractivity contribution in [2.24, 2.45) is 5.92 Å². The molecular weight excluding hydrogens is 280 g/mol. The average Bonchev–Trinajstić information content (AvgIpc) is 3.19. The number of carbonyl (C=O) groups is 1. The van der Waals surface area contributed by atoms with Gasteiger partial charge >= 0.3 is 0 Å². The van der Waals surface area contributed by atoms with E-state index in [1.807, 2.05) is 12.1 Å². The van der Waals surface area contributed by atoms with Crippen LogP contribution in [0.4, 0.5) is 0 Å². The van der Waals surface area contributed by atoms with Crippen molar-refractivity contribution in [3.05, 3.63) is 47.8 Å². The zero-order valence-corrected chi connectivity index (χ0v) is 12.9. The van der Waals surface area contributed by atoms with E-state index in [1.54, 1.807) is 18.4 Å². The first-order chi connectivity index (χ1) is 10.7. The molecule has 5 nitrogen and oxygen atoms in total. The van der Waals surface area contributed by atoms with Crippen LogP contribution in [0, 0.1) is 5.92 Å². The second-order valence-corrected chi connectivity index (χ2v) is 5.99. The number of furan rings is 2. The number of likely N-dealkylation sites (tertiary alicyclic amines) is 1. The third-order valence-corrected chi connectivity index (χ3v) is 4.14. The Morgan fingerprint density at radius 2 is 2.09 bits per heavy atom. The monoisotopic (exact) mass is 302 g/mol. The van der Waals surface area contributed by atoms with Crippen molar-refractivity contribution in [2.45, 2.75) is 32.9 Å². The van der Waals surface area contributed by atoms with Crippen LogP contribution in [-0.2, 0) is 13.1 Å². The molecule has 0 aliphatic carbocycles. The highest BCUT2D eigenvalue weighted by Gasteiger charge is 2.18. The molecule has 1 aliphatic heterocycles. The summed E-state index contributed by atoms with van der Waals surface area (Å²) in [6.45, 7) is 5.64. The quantitative estimate of drug-likeness (QED) is 0.922. The van der Waals surface area contributed by atoms with Crippen molar-refractivity contribution in [3.8, 4) is 0 Å². The lowest BCUT2D eigenvalue weighted by molar-refractivity contribution is 0.0915. The summed E-state index contributed by atoms with van der Waals surface area (Å²) in [6.07, 6.45) is 4.06. The highest BCUT2D eigenvalue weighted by Crippen LogP contribution is 2.19. The summed E-state index contributed by atoms with van der Waals surface area (Å²) >= 11 is 0. The minimum absolute atomic E-state index is 0.213. The molecule has 22 heavy (non-hydrogen) atoms. The Balaban J connectivity index is 1.51. The number of piperidine rings is 1. The van der Waals surface area contributed by atoms with Gasteiger partial charge in [0.1, 0.15) is 11.5 Å². The van der Waals surface area contributed by atoms with Gasteiger partial charge in [-0.1, -0.05) is 6.92 Å². The number of hydrogen-bond donors (Lipinski definition) is 1. The number of nitrogens with one attached hydrogen (secondary N) is 1. The predicted octanol–water partition coefficient (Wildman–Crippen LogP) is 3.03. The van der Waals surface area contributed by atoms with Gasteiger partial charge in [-0.3, -0.25) is 9.69 Å². The largest absolute Gasteiger partial charge is 0.467 e. The summed E-state index contributed by atoms with van der Waals surface area (Å²) < 4.78 is 10.8. The summed E-state index contributed by atoms with van der Waals surface area (Å²) in [5, 5.41) is 2.78. The van der Waals surface area contributed by atoms with E-state index in [1.165, 1.54) is 12.8 Å². The molecule has 5 heteroatoms. The highest BCUT2D eigenvalue weighted by atomic mass is 16.4. The third kappa shape index (κ3) is 3.80. The first-order valence-electron chi connectivity index (χ1n) is 7.82. The van der Waals surface area contributed by atoms with Gasteiger partial charge in [0.15, 0.2) is 5.76 Å². The second kappa shape index (κ2) is 6.83. The summed E-state index contributed by atoms with van der Waals surface area (Å²) in [6, 6.07) is 7.25. The minimum Gasteiger partial charge on any atom is -0.467 e. The van der Waals surface area contributed by atoms with Gasteiger partial charge in [-0.25, -0.2) is 0 Å². The standard InChI is InChI=1S/C17H22N2O3/c1-13-6-8-19(9-7-13)12-15-4-5-16(22-15)17(20)18-11-14-3-2-10-21-14/h2-5,10,13H,6-9,11-12H2,1H3,(H,18,20). The molecule has 3 rings (SSSR count). The Hall–Kier alpha value is -2.01. The van der Waals surface area contributed by atoms with Crippen molar-refractivity contribution in [1.29, 1.82) is 0 Å². The maximum Gasteiger partial charge on any atom is 0.287 e. The second-order valence-electron chi connectivity index (χ2n) is 5.99. The molecule has 1 fully saturated rings. The Bertz CT molecular complexity index is 595. The van der Waals surface area contributed by atoms with Crippen LogP contribution in [0.5, 0.6) is 0 Å². The zero-order chi connectivity index (χ0) is 15.4. The van der Waals surface area contributed by atoms with Crippen LogP contribution in [0.1, 0.15) is 41.8 Å². The van der Waals surface area contributed by atoms with Gasteiger partial charge in [-0.2, -0.15) is 0 Å². The van der Waals surface area contributed by atoms with Gasteiger partial charge in [0.05, 0.1) is 19.4 Å². The SMILES string of the molecule is CC1CCN(Cc2ccc(C(=O)NCc3ccco3)o2)CC1. The molecule has 3 heterocycles. The van der Waals surface area contributed by atoms with Gasteiger partial charge in [-0.05, 0) is 56.1 Å². The minimum atomic E-state index is -0.213. The van der Waals surface area contributed by atoms with E-state index < -0.39 is 0 Å². The lowest BCUT2D eigenvalue weighted by atomic mass is 9.99. The Morgan fingerprint density at radius 3 is 2.82 bits per heavy atom. The first kappa shape index (κ1) is 14.9. The van der Waals surface area contributed by atoms with E-state index in [0.29, 0.717) is 12.3 Å². The summed E-state index contributed by atoms with van der Waals surface area (Å²) in [4.78, 5) is 14.4. The molecule has 2 aromatic heterocycles. The van der Waals surface area contributed by atoms with Crippen LogP contribution in [0.15, 0.2) is 39.4 Å². The van der Waals surface area contributed by atoms with Crippen LogP contribution in [0.3, 0.4) is 0 Å². The molecule has 1 N–H and O–H groups in total.